The van der Waals surface area contributed by atoms with E-state index in [9.17, 15) is 9.59 Å². The number of carbonyl (C=O) groups excluding carboxylic acids is 2. The summed E-state index contributed by atoms with van der Waals surface area (Å²) in [6.07, 6.45) is 1.60. The van der Waals surface area contributed by atoms with Gasteiger partial charge in [-0.25, -0.2) is 0 Å². The second-order valence-corrected chi connectivity index (χ2v) is 7.57. The van der Waals surface area contributed by atoms with Gasteiger partial charge in [0.1, 0.15) is 0 Å². The third-order valence-electron chi connectivity index (χ3n) is 5.78. The molecule has 1 aliphatic carbocycles. The molecular weight excluding hydrogens is 336 g/mol. The zero-order valence-electron chi connectivity index (χ0n) is 15.8. The topological polar surface area (TPSA) is 40.6 Å². The van der Waals surface area contributed by atoms with Crippen molar-refractivity contribution in [2.45, 2.75) is 32.9 Å². The lowest BCUT2D eigenvalue weighted by Gasteiger charge is -2.29. The molecule has 4 nitrogen and oxygen atoms in total. The number of nitrogens with zero attached hydrogens (tertiary/aromatic N) is 2. The summed E-state index contributed by atoms with van der Waals surface area (Å²) >= 11 is 0. The SMILES string of the molecule is CCN(Cc1ccccc1)C(=O)C1CC1C(=O)N1CCc2ccccc2C1. The highest BCUT2D eigenvalue weighted by atomic mass is 16.2. The average Bonchev–Trinajstić information content (AvgIpc) is 3.52. The van der Waals surface area contributed by atoms with E-state index in [-0.39, 0.29) is 23.7 Å². The van der Waals surface area contributed by atoms with Gasteiger partial charge in [0, 0.05) is 26.2 Å². The molecule has 4 heteroatoms. The van der Waals surface area contributed by atoms with Gasteiger partial charge in [0.15, 0.2) is 0 Å². The predicted octanol–water partition coefficient (Wildman–Crippen LogP) is 3.26. The fraction of sp³-hybridized carbons (Fsp3) is 0.391. The number of carbonyl (C=O) groups is 2. The minimum atomic E-state index is -0.140. The van der Waals surface area contributed by atoms with E-state index in [4.69, 9.17) is 0 Å². The van der Waals surface area contributed by atoms with E-state index in [0.29, 0.717) is 26.1 Å². The highest BCUT2D eigenvalue weighted by Crippen LogP contribution is 2.42. The van der Waals surface area contributed by atoms with Crippen molar-refractivity contribution in [3.63, 3.8) is 0 Å². The number of rotatable bonds is 5. The first-order valence-corrected chi connectivity index (χ1v) is 9.85. The predicted molar refractivity (Wildman–Crippen MR) is 105 cm³/mol. The van der Waals surface area contributed by atoms with Crippen LogP contribution in [-0.4, -0.2) is 34.7 Å². The summed E-state index contributed by atoms with van der Waals surface area (Å²) in [5.41, 5.74) is 3.70. The molecule has 0 spiro atoms. The van der Waals surface area contributed by atoms with Crippen LogP contribution in [0, 0.1) is 11.8 Å². The molecule has 27 heavy (non-hydrogen) atoms. The minimum Gasteiger partial charge on any atom is -0.338 e. The molecule has 0 bridgehead atoms. The van der Waals surface area contributed by atoms with Crippen molar-refractivity contribution in [2.24, 2.45) is 11.8 Å². The fourth-order valence-corrected chi connectivity index (χ4v) is 4.04. The van der Waals surface area contributed by atoms with Gasteiger partial charge in [-0.3, -0.25) is 9.59 Å². The van der Waals surface area contributed by atoms with Gasteiger partial charge in [0.25, 0.3) is 0 Å². The van der Waals surface area contributed by atoms with E-state index in [2.05, 4.69) is 18.2 Å². The monoisotopic (exact) mass is 362 g/mol. The van der Waals surface area contributed by atoms with Crippen molar-refractivity contribution in [1.29, 1.82) is 0 Å². The quantitative estimate of drug-likeness (QED) is 0.819. The van der Waals surface area contributed by atoms with Gasteiger partial charge in [-0.05, 0) is 36.5 Å². The molecule has 2 aromatic carbocycles. The van der Waals surface area contributed by atoms with Crippen molar-refractivity contribution < 1.29 is 9.59 Å². The maximum absolute atomic E-state index is 12.9. The summed E-state index contributed by atoms with van der Waals surface area (Å²) in [4.78, 5) is 29.6. The summed E-state index contributed by atoms with van der Waals surface area (Å²) in [7, 11) is 0. The molecule has 2 atom stereocenters. The first-order chi connectivity index (χ1) is 13.2. The third kappa shape index (κ3) is 3.75. The van der Waals surface area contributed by atoms with E-state index in [0.717, 1.165) is 18.5 Å². The Morgan fingerprint density at radius 2 is 1.70 bits per heavy atom. The standard InChI is InChI=1S/C23H26N2O2/c1-2-24(15-17-8-4-3-5-9-17)22(26)20-14-21(20)23(27)25-13-12-18-10-6-7-11-19(18)16-25/h3-11,20-21H,2,12-16H2,1H3. The van der Waals surface area contributed by atoms with Crippen LogP contribution in [0.15, 0.2) is 54.6 Å². The number of hydrogen-bond donors (Lipinski definition) is 0. The maximum atomic E-state index is 12.9. The summed E-state index contributed by atoms with van der Waals surface area (Å²) in [6, 6.07) is 18.4. The van der Waals surface area contributed by atoms with Crippen LogP contribution in [0.5, 0.6) is 0 Å². The van der Waals surface area contributed by atoms with Gasteiger partial charge in [0.2, 0.25) is 11.8 Å². The van der Waals surface area contributed by atoms with Crippen LogP contribution >= 0.6 is 0 Å². The molecule has 0 N–H and O–H groups in total. The largest absolute Gasteiger partial charge is 0.338 e. The summed E-state index contributed by atoms with van der Waals surface area (Å²) < 4.78 is 0. The normalized spacial score (nSPS) is 20.7. The first-order valence-electron chi connectivity index (χ1n) is 9.85. The maximum Gasteiger partial charge on any atom is 0.226 e. The second kappa shape index (κ2) is 7.55. The number of benzene rings is 2. The Bertz CT molecular complexity index is 815. The summed E-state index contributed by atoms with van der Waals surface area (Å²) in [5, 5.41) is 0. The number of hydrogen-bond acceptors (Lipinski definition) is 2. The van der Waals surface area contributed by atoms with Gasteiger partial charge >= 0.3 is 0 Å². The van der Waals surface area contributed by atoms with Crippen molar-refractivity contribution in [3.8, 4) is 0 Å². The van der Waals surface area contributed by atoms with Crippen molar-refractivity contribution in [2.75, 3.05) is 13.1 Å². The van der Waals surface area contributed by atoms with Crippen LogP contribution < -0.4 is 0 Å². The van der Waals surface area contributed by atoms with E-state index < -0.39 is 0 Å². The van der Waals surface area contributed by atoms with Gasteiger partial charge < -0.3 is 9.80 Å². The van der Waals surface area contributed by atoms with Crippen LogP contribution in [0.4, 0.5) is 0 Å². The molecule has 1 fully saturated rings. The van der Waals surface area contributed by atoms with E-state index in [1.807, 2.05) is 53.1 Å². The van der Waals surface area contributed by atoms with Crippen molar-refractivity contribution >= 4 is 11.8 Å². The molecule has 2 unspecified atom stereocenters. The van der Waals surface area contributed by atoms with Crippen LogP contribution in [-0.2, 0) is 29.1 Å². The summed E-state index contributed by atoms with van der Waals surface area (Å²) in [6.45, 7) is 4.72. The van der Waals surface area contributed by atoms with Crippen molar-refractivity contribution in [1.82, 2.24) is 9.80 Å². The van der Waals surface area contributed by atoms with Crippen LogP contribution in [0.1, 0.15) is 30.0 Å². The highest BCUT2D eigenvalue weighted by Gasteiger charge is 2.50. The van der Waals surface area contributed by atoms with Gasteiger partial charge in [-0.2, -0.15) is 0 Å². The summed E-state index contributed by atoms with van der Waals surface area (Å²) in [5.74, 6) is 0.00153. The molecule has 0 aromatic heterocycles. The van der Waals surface area contributed by atoms with Crippen LogP contribution in [0.25, 0.3) is 0 Å². The Kier molecular flexibility index (Phi) is 4.97. The molecule has 4 rings (SSSR count). The van der Waals surface area contributed by atoms with Crippen LogP contribution in [0.3, 0.4) is 0 Å². The van der Waals surface area contributed by atoms with E-state index >= 15 is 0 Å². The second-order valence-electron chi connectivity index (χ2n) is 7.57. The third-order valence-corrected chi connectivity index (χ3v) is 5.78. The zero-order valence-corrected chi connectivity index (χ0v) is 15.8. The lowest BCUT2D eigenvalue weighted by atomic mass is 9.99. The molecule has 1 heterocycles. The van der Waals surface area contributed by atoms with Crippen LogP contribution in [0.2, 0.25) is 0 Å². The Labute approximate surface area is 160 Å². The molecule has 0 radical (unpaired) electrons. The molecule has 2 aliphatic rings. The smallest absolute Gasteiger partial charge is 0.226 e. The Hall–Kier alpha value is -2.62. The van der Waals surface area contributed by atoms with Gasteiger partial charge in [0.05, 0.1) is 11.8 Å². The van der Waals surface area contributed by atoms with Crippen molar-refractivity contribution in [3.05, 3.63) is 71.3 Å². The lowest BCUT2D eigenvalue weighted by molar-refractivity contribution is -0.138. The molecule has 0 saturated heterocycles. The fourth-order valence-electron chi connectivity index (χ4n) is 4.04. The molecule has 2 amide bonds. The lowest BCUT2D eigenvalue weighted by Crippen LogP contribution is -2.38. The number of fused-ring (bicyclic) bond motifs is 1. The van der Waals surface area contributed by atoms with E-state index in [1.54, 1.807) is 0 Å². The van der Waals surface area contributed by atoms with Gasteiger partial charge in [-0.15, -0.1) is 0 Å². The number of amides is 2. The Morgan fingerprint density at radius 3 is 2.44 bits per heavy atom. The molecular formula is C23H26N2O2. The van der Waals surface area contributed by atoms with Gasteiger partial charge in [-0.1, -0.05) is 54.6 Å². The molecule has 1 saturated carbocycles. The first kappa shape index (κ1) is 17.8. The average molecular weight is 362 g/mol. The highest BCUT2D eigenvalue weighted by molar-refractivity contribution is 5.92. The van der Waals surface area contributed by atoms with E-state index in [1.165, 1.54) is 11.1 Å². The zero-order chi connectivity index (χ0) is 18.8. The molecule has 1 aliphatic heterocycles. The Balaban J connectivity index is 1.37. The minimum absolute atomic E-state index is 0.122. The molecule has 2 aromatic rings. The molecule has 140 valence electrons. The Morgan fingerprint density at radius 1 is 1.00 bits per heavy atom.